The first kappa shape index (κ1) is 21.7. The molecule has 1 aliphatic heterocycles. The summed E-state index contributed by atoms with van der Waals surface area (Å²) in [5.74, 6) is -1.64. The van der Waals surface area contributed by atoms with Crippen molar-refractivity contribution in [3.05, 3.63) is 65.7 Å². The lowest BCUT2D eigenvalue weighted by Gasteiger charge is -2.15. The van der Waals surface area contributed by atoms with E-state index in [4.69, 9.17) is 4.74 Å². The van der Waals surface area contributed by atoms with E-state index in [9.17, 15) is 22.8 Å². The molecular formula is C21H22N2O6S. The van der Waals surface area contributed by atoms with Gasteiger partial charge in [0.05, 0.1) is 4.90 Å². The predicted molar refractivity (Wildman–Crippen MR) is 108 cm³/mol. The van der Waals surface area contributed by atoms with Crippen LogP contribution in [0.3, 0.4) is 0 Å². The second kappa shape index (κ2) is 9.64. The molecule has 9 heteroatoms. The summed E-state index contributed by atoms with van der Waals surface area (Å²) in [7, 11) is -3.55. The standard InChI is InChI=1S/C21H22N2O6S/c24-19(15-29-20(25)14-22-21(26)17-6-2-1-3-7-17)16-8-10-18(11-9-16)30(27,28)23-12-4-5-13-23/h1-3,6-11H,4-5,12-15H2,(H,22,26). The Hall–Kier alpha value is -3.04. The first-order valence-electron chi connectivity index (χ1n) is 9.50. The smallest absolute Gasteiger partial charge is 0.325 e. The number of Topliss-reactive ketones (excluding diaryl/α,β-unsaturated/α-hetero) is 1. The third-order valence-electron chi connectivity index (χ3n) is 4.67. The Bertz CT molecular complexity index is 1010. The number of nitrogens with one attached hydrogen (secondary N) is 1. The SMILES string of the molecule is O=C(CNC(=O)c1ccccc1)OCC(=O)c1ccc(S(=O)(=O)N2CCCC2)cc1. The van der Waals surface area contributed by atoms with Crippen molar-refractivity contribution in [3.63, 3.8) is 0 Å². The molecule has 1 amide bonds. The number of sulfonamides is 1. The number of hydrogen-bond donors (Lipinski definition) is 1. The normalized spacial score (nSPS) is 14.3. The average Bonchev–Trinajstić information content (AvgIpc) is 3.32. The van der Waals surface area contributed by atoms with Gasteiger partial charge in [0.25, 0.3) is 5.91 Å². The maximum absolute atomic E-state index is 12.5. The van der Waals surface area contributed by atoms with Gasteiger partial charge in [0.2, 0.25) is 10.0 Å². The number of carbonyl (C=O) groups is 3. The summed E-state index contributed by atoms with van der Waals surface area (Å²) in [4.78, 5) is 36.0. The van der Waals surface area contributed by atoms with Gasteiger partial charge in [0, 0.05) is 24.2 Å². The third kappa shape index (κ3) is 5.31. The number of benzene rings is 2. The van der Waals surface area contributed by atoms with Crippen molar-refractivity contribution in [3.8, 4) is 0 Å². The molecule has 0 aromatic heterocycles. The van der Waals surface area contributed by atoms with Crippen molar-refractivity contribution < 1.29 is 27.5 Å². The van der Waals surface area contributed by atoms with Crippen LogP contribution in [0, 0.1) is 0 Å². The van der Waals surface area contributed by atoms with Gasteiger partial charge in [-0.3, -0.25) is 14.4 Å². The minimum absolute atomic E-state index is 0.126. The van der Waals surface area contributed by atoms with Gasteiger partial charge in [0.15, 0.2) is 12.4 Å². The zero-order valence-electron chi connectivity index (χ0n) is 16.2. The van der Waals surface area contributed by atoms with Crippen molar-refractivity contribution in [1.29, 1.82) is 0 Å². The van der Waals surface area contributed by atoms with Crippen LogP contribution in [-0.4, -0.2) is 56.6 Å². The van der Waals surface area contributed by atoms with Crippen LogP contribution in [0.1, 0.15) is 33.6 Å². The molecule has 0 saturated carbocycles. The Kier molecular flexibility index (Phi) is 6.96. The number of carbonyl (C=O) groups excluding carboxylic acids is 3. The first-order chi connectivity index (χ1) is 14.4. The van der Waals surface area contributed by atoms with E-state index in [0.29, 0.717) is 18.7 Å². The fourth-order valence-electron chi connectivity index (χ4n) is 3.01. The molecule has 1 saturated heterocycles. The van der Waals surface area contributed by atoms with E-state index >= 15 is 0 Å². The lowest BCUT2D eigenvalue weighted by Crippen LogP contribution is -2.31. The molecule has 0 atom stereocenters. The number of rotatable bonds is 8. The second-order valence-electron chi connectivity index (χ2n) is 6.77. The van der Waals surface area contributed by atoms with E-state index in [0.717, 1.165) is 12.8 Å². The van der Waals surface area contributed by atoms with E-state index in [1.165, 1.54) is 28.6 Å². The van der Waals surface area contributed by atoms with E-state index in [1.54, 1.807) is 30.3 Å². The summed E-state index contributed by atoms with van der Waals surface area (Å²) >= 11 is 0. The van der Waals surface area contributed by atoms with E-state index < -0.39 is 34.3 Å². The largest absolute Gasteiger partial charge is 0.456 e. The molecular weight excluding hydrogens is 408 g/mol. The molecule has 1 heterocycles. The van der Waals surface area contributed by atoms with E-state index in [1.807, 2.05) is 0 Å². The zero-order chi connectivity index (χ0) is 21.6. The predicted octanol–water partition coefficient (Wildman–Crippen LogP) is 1.63. The summed E-state index contributed by atoms with van der Waals surface area (Å²) in [5, 5.41) is 2.42. The van der Waals surface area contributed by atoms with Gasteiger partial charge in [-0.25, -0.2) is 8.42 Å². The molecule has 30 heavy (non-hydrogen) atoms. The summed E-state index contributed by atoms with van der Waals surface area (Å²) in [6, 6.07) is 13.9. The lowest BCUT2D eigenvalue weighted by molar-refractivity contribution is -0.141. The molecule has 0 unspecified atom stereocenters. The molecule has 1 N–H and O–H groups in total. The number of ketones is 1. The molecule has 8 nitrogen and oxygen atoms in total. The Labute approximate surface area is 174 Å². The van der Waals surface area contributed by atoms with Gasteiger partial charge in [-0.05, 0) is 49.2 Å². The summed E-state index contributed by atoms with van der Waals surface area (Å²) in [6.45, 7) is 0.131. The average molecular weight is 430 g/mol. The molecule has 158 valence electrons. The molecule has 0 bridgehead atoms. The van der Waals surface area contributed by atoms with Gasteiger partial charge in [0.1, 0.15) is 6.54 Å². The minimum Gasteiger partial charge on any atom is -0.456 e. The lowest BCUT2D eigenvalue weighted by atomic mass is 10.1. The van der Waals surface area contributed by atoms with Gasteiger partial charge in [-0.15, -0.1) is 0 Å². The quantitative estimate of drug-likeness (QED) is 0.504. The molecule has 0 spiro atoms. The van der Waals surface area contributed by atoms with Crippen LogP contribution in [0.5, 0.6) is 0 Å². The number of esters is 1. The molecule has 0 radical (unpaired) electrons. The number of hydrogen-bond acceptors (Lipinski definition) is 6. The second-order valence-corrected chi connectivity index (χ2v) is 8.71. The monoisotopic (exact) mass is 430 g/mol. The van der Waals surface area contributed by atoms with Crippen LogP contribution in [-0.2, 0) is 19.6 Å². The zero-order valence-corrected chi connectivity index (χ0v) is 17.1. The number of ether oxygens (including phenoxy) is 1. The van der Waals surface area contributed by atoms with Crippen molar-refractivity contribution in [1.82, 2.24) is 9.62 Å². The van der Waals surface area contributed by atoms with Crippen LogP contribution in [0.15, 0.2) is 59.5 Å². The highest BCUT2D eigenvalue weighted by Gasteiger charge is 2.27. The Morgan fingerprint density at radius 3 is 2.17 bits per heavy atom. The summed E-state index contributed by atoms with van der Waals surface area (Å²) in [5.41, 5.74) is 0.641. The van der Waals surface area contributed by atoms with Gasteiger partial charge in [-0.1, -0.05) is 18.2 Å². The van der Waals surface area contributed by atoms with Crippen molar-refractivity contribution in [2.75, 3.05) is 26.2 Å². The molecule has 3 rings (SSSR count). The topological polar surface area (TPSA) is 110 Å². The summed E-state index contributed by atoms with van der Waals surface area (Å²) in [6.07, 6.45) is 1.68. The van der Waals surface area contributed by atoms with Crippen LogP contribution in [0.4, 0.5) is 0 Å². The number of nitrogens with zero attached hydrogens (tertiary/aromatic N) is 1. The highest BCUT2D eigenvalue weighted by atomic mass is 32.2. The van der Waals surface area contributed by atoms with Crippen molar-refractivity contribution in [2.45, 2.75) is 17.7 Å². The van der Waals surface area contributed by atoms with Crippen LogP contribution < -0.4 is 5.32 Å². The maximum atomic E-state index is 12.5. The minimum atomic E-state index is -3.55. The molecule has 2 aromatic rings. The van der Waals surface area contributed by atoms with Crippen LogP contribution in [0.25, 0.3) is 0 Å². The third-order valence-corrected chi connectivity index (χ3v) is 6.59. The number of amides is 1. The van der Waals surface area contributed by atoms with Gasteiger partial charge >= 0.3 is 5.97 Å². The molecule has 0 aliphatic carbocycles. The molecule has 1 aliphatic rings. The van der Waals surface area contributed by atoms with E-state index in [2.05, 4.69) is 5.32 Å². The Morgan fingerprint density at radius 2 is 1.53 bits per heavy atom. The van der Waals surface area contributed by atoms with Crippen LogP contribution in [0.2, 0.25) is 0 Å². The van der Waals surface area contributed by atoms with Crippen molar-refractivity contribution in [2.24, 2.45) is 0 Å². The van der Waals surface area contributed by atoms with Crippen molar-refractivity contribution >= 4 is 27.7 Å². The molecule has 2 aromatic carbocycles. The van der Waals surface area contributed by atoms with Crippen LogP contribution >= 0.6 is 0 Å². The fraction of sp³-hybridized carbons (Fsp3) is 0.286. The fourth-order valence-corrected chi connectivity index (χ4v) is 4.53. The molecule has 1 fully saturated rings. The highest BCUT2D eigenvalue weighted by molar-refractivity contribution is 7.89. The highest BCUT2D eigenvalue weighted by Crippen LogP contribution is 2.21. The van der Waals surface area contributed by atoms with E-state index in [-0.39, 0.29) is 17.0 Å². The summed E-state index contributed by atoms with van der Waals surface area (Å²) < 4.78 is 31.3. The first-order valence-corrected chi connectivity index (χ1v) is 10.9. The maximum Gasteiger partial charge on any atom is 0.325 e. The van der Waals surface area contributed by atoms with Gasteiger partial charge < -0.3 is 10.1 Å². The van der Waals surface area contributed by atoms with Gasteiger partial charge in [-0.2, -0.15) is 4.31 Å². The Morgan fingerprint density at radius 1 is 0.900 bits per heavy atom. The Balaban J connectivity index is 1.48.